The maximum Gasteiger partial charge on any atom is 0.267 e. The third kappa shape index (κ3) is 2.52. The number of aromatic nitrogens is 2. The number of nitrogens with two attached hydrogens (primary N) is 1. The largest absolute Gasteiger partial charge is 0.398 e. The predicted molar refractivity (Wildman–Crippen MR) is 66.1 cm³/mol. The molecule has 4 nitrogen and oxygen atoms in total. The molecule has 0 atom stereocenters. The van der Waals surface area contributed by atoms with E-state index in [-0.39, 0.29) is 17.9 Å². The van der Waals surface area contributed by atoms with Gasteiger partial charge < -0.3 is 5.73 Å². The van der Waals surface area contributed by atoms with Crippen LogP contribution in [-0.4, -0.2) is 9.55 Å². The molecule has 0 bridgehead atoms. The van der Waals surface area contributed by atoms with Gasteiger partial charge in [0.15, 0.2) is 0 Å². The quantitative estimate of drug-likeness (QED) is 0.860. The summed E-state index contributed by atoms with van der Waals surface area (Å²) in [6, 6.07) is 4.06. The summed E-state index contributed by atoms with van der Waals surface area (Å²) in [5.74, 6) is -0.384. The van der Waals surface area contributed by atoms with E-state index in [2.05, 4.69) is 20.9 Å². The van der Waals surface area contributed by atoms with Crippen LogP contribution in [0.4, 0.5) is 10.1 Å². The first kappa shape index (κ1) is 11.8. The van der Waals surface area contributed by atoms with E-state index in [1.807, 2.05) is 0 Å². The first-order valence-corrected chi connectivity index (χ1v) is 5.61. The number of benzene rings is 1. The summed E-state index contributed by atoms with van der Waals surface area (Å²) in [7, 11) is 0. The maximum atomic E-state index is 13.1. The van der Waals surface area contributed by atoms with Crippen LogP contribution in [0, 0.1) is 5.82 Å². The second-order valence-electron chi connectivity index (χ2n) is 3.52. The normalized spacial score (nSPS) is 10.5. The number of hydrogen-bond acceptors (Lipinski definition) is 3. The van der Waals surface area contributed by atoms with Crippen molar-refractivity contribution in [2.45, 2.75) is 6.54 Å². The van der Waals surface area contributed by atoms with Gasteiger partial charge in [-0.1, -0.05) is 0 Å². The number of nitrogen functional groups attached to an aromatic ring is 1. The molecular formula is C11H9BrFN3O. The smallest absolute Gasteiger partial charge is 0.267 e. The number of anilines is 1. The second kappa shape index (κ2) is 4.67. The summed E-state index contributed by atoms with van der Waals surface area (Å²) in [5, 5.41) is 0. The molecular weight excluding hydrogens is 289 g/mol. The first-order chi connectivity index (χ1) is 8.08. The molecule has 1 heterocycles. The molecule has 0 amide bonds. The van der Waals surface area contributed by atoms with Gasteiger partial charge in [-0.25, -0.2) is 9.37 Å². The minimum absolute atomic E-state index is 0.189. The van der Waals surface area contributed by atoms with Crippen molar-refractivity contribution in [3.63, 3.8) is 0 Å². The highest BCUT2D eigenvalue weighted by atomic mass is 79.9. The van der Waals surface area contributed by atoms with Crippen molar-refractivity contribution in [1.82, 2.24) is 9.55 Å². The Morgan fingerprint density at radius 2 is 2.24 bits per heavy atom. The van der Waals surface area contributed by atoms with E-state index in [9.17, 15) is 9.18 Å². The van der Waals surface area contributed by atoms with Crippen LogP contribution in [0.25, 0.3) is 0 Å². The topological polar surface area (TPSA) is 60.9 Å². The van der Waals surface area contributed by atoms with Gasteiger partial charge in [0, 0.05) is 11.9 Å². The third-order valence-corrected chi connectivity index (χ3v) is 2.85. The zero-order valence-electron chi connectivity index (χ0n) is 8.73. The summed E-state index contributed by atoms with van der Waals surface area (Å²) < 4.78 is 14.8. The molecule has 0 radical (unpaired) electrons. The Morgan fingerprint density at radius 3 is 3.00 bits per heavy atom. The molecule has 0 aliphatic heterocycles. The number of hydrogen-bond donors (Lipinski definition) is 1. The zero-order chi connectivity index (χ0) is 12.4. The van der Waals surface area contributed by atoms with Gasteiger partial charge in [0.05, 0.1) is 12.9 Å². The third-order valence-electron chi connectivity index (χ3n) is 2.30. The van der Waals surface area contributed by atoms with Gasteiger partial charge in [-0.3, -0.25) is 9.36 Å². The molecule has 0 aliphatic carbocycles. The molecule has 0 spiro atoms. The Balaban J connectivity index is 2.41. The van der Waals surface area contributed by atoms with Gasteiger partial charge in [0.2, 0.25) is 0 Å². The molecule has 0 saturated heterocycles. The highest BCUT2D eigenvalue weighted by molar-refractivity contribution is 9.10. The maximum absolute atomic E-state index is 13.1. The van der Waals surface area contributed by atoms with Crippen LogP contribution in [0.2, 0.25) is 0 Å². The van der Waals surface area contributed by atoms with Gasteiger partial charge in [0.1, 0.15) is 10.3 Å². The summed E-state index contributed by atoms with van der Waals surface area (Å²) >= 11 is 3.09. The Labute approximate surface area is 105 Å². The number of rotatable bonds is 2. The fraction of sp³-hybridized carbons (Fsp3) is 0.0909. The summed E-state index contributed by atoms with van der Waals surface area (Å²) in [6.07, 6.45) is 2.80. The monoisotopic (exact) mass is 297 g/mol. The van der Waals surface area contributed by atoms with Crippen LogP contribution < -0.4 is 11.3 Å². The lowest BCUT2D eigenvalue weighted by Gasteiger charge is -2.08. The van der Waals surface area contributed by atoms with Crippen LogP contribution in [0.1, 0.15) is 5.56 Å². The van der Waals surface area contributed by atoms with E-state index >= 15 is 0 Å². The minimum atomic E-state index is -0.384. The van der Waals surface area contributed by atoms with Crippen molar-refractivity contribution in [1.29, 1.82) is 0 Å². The molecule has 2 rings (SSSR count). The average Bonchev–Trinajstić information content (AvgIpc) is 2.30. The highest BCUT2D eigenvalue weighted by Gasteiger charge is 2.05. The number of halogens is 2. The first-order valence-electron chi connectivity index (χ1n) is 4.82. The van der Waals surface area contributed by atoms with Crippen LogP contribution >= 0.6 is 15.9 Å². The molecule has 2 N–H and O–H groups in total. The van der Waals surface area contributed by atoms with Gasteiger partial charge in [-0.15, -0.1) is 0 Å². The van der Waals surface area contributed by atoms with Crippen LogP contribution in [-0.2, 0) is 6.54 Å². The minimum Gasteiger partial charge on any atom is -0.398 e. The van der Waals surface area contributed by atoms with E-state index in [0.717, 1.165) is 0 Å². The SMILES string of the molecule is Nc1ccc(F)cc1Cn1cncc(Br)c1=O. The molecule has 1 aromatic carbocycles. The zero-order valence-corrected chi connectivity index (χ0v) is 10.3. The Morgan fingerprint density at radius 1 is 1.47 bits per heavy atom. The van der Waals surface area contributed by atoms with Crippen LogP contribution in [0.15, 0.2) is 40.0 Å². The van der Waals surface area contributed by atoms with Crippen molar-refractivity contribution in [2.75, 3.05) is 5.73 Å². The van der Waals surface area contributed by atoms with E-state index < -0.39 is 0 Å². The lowest BCUT2D eigenvalue weighted by Crippen LogP contribution is -2.21. The van der Waals surface area contributed by atoms with Crippen molar-refractivity contribution in [3.05, 3.63) is 56.9 Å². The second-order valence-corrected chi connectivity index (χ2v) is 4.37. The van der Waals surface area contributed by atoms with Crippen molar-refractivity contribution in [2.24, 2.45) is 0 Å². The lowest BCUT2D eigenvalue weighted by molar-refractivity contribution is 0.622. The molecule has 6 heteroatoms. The van der Waals surface area contributed by atoms with E-state index in [0.29, 0.717) is 15.7 Å². The van der Waals surface area contributed by atoms with Crippen LogP contribution in [0.5, 0.6) is 0 Å². The molecule has 1 aromatic heterocycles. The summed E-state index contributed by atoms with van der Waals surface area (Å²) in [5.41, 5.74) is 6.47. The van der Waals surface area contributed by atoms with E-state index in [1.165, 1.54) is 35.3 Å². The summed E-state index contributed by atoms with van der Waals surface area (Å²) in [6.45, 7) is 0.189. The van der Waals surface area contributed by atoms with Crippen molar-refractivity contribution in [3.8, 4) is 0 Å². The summed E-state index contributed by atoms with van der Waals surface area (Å²) in [4.78, 5) is 15.6. The van der Waals surface area contributed by atoms with Gasteiger partial charge in [-0.05, 0) is 39.7 Å². The standard InChI is InChI=1S/C11H9BrFN3O/c12-9-4-15-6-16(11(9)17)5-7-3-8(13)1-2-10(7)14/h1-4,6H,5,14H2. The van der Waals surface area contributed by atoms with Crippen molar-refractivity contribution >= 4 is 21.6 Å². The fourth-order valence-corrected chi connectivity index (χ4v) is 1.78. The van der Waals surface area contributed by atoms with Gasteiger partial charge in [0.25, 0.3) is 5.56 Å². The molecule has 0 saturated carbocycles. The fourth-order valence-electron chi connectivity index (χ4n) is 1.43. The van der Waals surface area contributed by atoms with Gasteiger partial charge >= 0.3 is 0 Å². The Kier molecular flexibility index (Phi) is 3.23. The molecule has 2 aromatic rings. The van der Waals surface area contributed by atoms with Crippen LogP contribution in [0.3, 0.4) is 0 Å². The molecule has 17 heavy (non-hydrogen) atoms. The van der Waals surface area contributed by atoms with Gasteiger partial charge in [-0.2, -0.15) is 0 Å². The lowest BCUT2D eigenvalue weighted by atomic mass is 10.2. The van der Waals surface area contributed by atoms with E-state index in [4.69, 9.17) is 5.73 Å². The van der Waals surface area contributed by atoms with Crippen molar-refractivity contribution < 1.29 is 4.39 Å². The van der Waals surface area contributed by atoms with E-state index in [1.54, 1.807) is 0 Å². The predicted octanol–water partition coefficient (Wildman–Crippen LogP) is 1.78. The Bertz CT molecular complexity index is 612. The Hall–Kier alpha value is -1.69. The highest BCUT2D eigenvalue weighted by Crippen LogP contribution is 2.14. The molecule has 88 valence electrons. The number of nitrogens with zero attached hydrogens (tertiary/aromatic N) is 2. The average molecular weight is 298 g/mol. The molecule has 0 unspecified atom stereocenters. The molecule has 0 aliphatic rings. The molecule has 0 fully saturated rings.